The van der Waals surface area contributed by atoms with Gasteiger partial charge in [0.05, 0.1) is 25.2 Å². The minimum absolute atomic E-state index is 0.190. The lowest BCUT2D eigenvalue weighted by molar-refractivity contribution is -0.139. The number of rotatable bonds is 5. The van der Waals surface area contributed by atoms with Crippen LogP contribution >= 0.6 is 11.8 Å². The monoisotopic (exact) mass is 192 g/mol. The number of hydrogen-bond acceptors (Lipinski definition) is 5. The van der Waals surface area contributed by atoms with Gasteiger partial charge in [-0.2, -0.15) is 0 Å². The fourth-order valence-corrected chi connectivity index (χ4v) is 1.12. The Labute approximate surface area is 75.6 Å². The number of hydrogen-bond donors (Lipinski definition) is 0. The lowest BCUT2D eigenvalue weighted by Gasteiger charge is -2.00. The van der Waals surface area contributed by atoms with Gasteiger partial charge in [0.1, 0.15) is 0 Å². The van der Waals surface area contributed by atoms with Crippen molar-refractivity contribution in [2.75, 3.05) is 25.2 Å². The molecule has 0 N–H and O–H groups in total. The number of carbonyl (C=O) groups is 2. The molecular formula is C7H12O4S. The van der Waals surface area contributed by atoms with Gasteiger partial charge in [-0.05, 0) is 6.92 Å². The van der Waals surface area contributed by atoms with Crippen molar-refractivity contribution < 1.29 is 19.1 Å². The van der Waals surface area contributed by atoms with Crippen molar-refractivity contribution in [2.24, 2.45) is 0 Å². The van der Waals surface area contributed by atoms with Gasteiger partial charge in [0.25, 0.3) is 0 Å². The van der Waals surface area contributed by atoms with Crippen LogP contribution in [0.3, 0.4) is 0 Å². The Hall–Kier alpha value is -0.710. The van der Waals surface area contributed by atoms with E-state index in [-0.39, 0.29) is 23.4 Å². The molecule has 0 aromatic heterocycles. The fraction of sp³-hybridized carbons (Fsp3) is 0.714. The molecular weight excluding hydrogens is 180 g/mol. The number of ether oxygens (including phenoxy) is 2. The highest BCUT2D eigenvalue weighted by molar-refractivity contribution is 8.00. The summed E-state index contributed by atoms with van der Waals surface area (Å²) in [6.45, 7) is 2.11. The number of methoxy groups -OCH3 is 1. The molecule has 4 nitrogen and oxygen atoms in total. The topological polar surface area (TPSA) is 52.6 Å². The van der Waals surface area contributed by atoms with Crippen LogP contribution in [0.4, 0.5) is 0 Å². The predicted octanol–water partition coefficient (Wildman–Crippen LogP) is 0.456. The Bertz CT molecular complexity index is 157. The molecule has 12 heavy (non-hydrogen) atoms. The van der Waals surface area contributed by atoms with E-state index in [4.69, 9.17) is 0 Å². The first-order valence-corrected chi connectivity index (χ1v) is 4.66. The van der Waals surface area contributed by atoms with E-state index in [1.165, 1.54) is 18.9 Å². The largest absolute Gasteiger partial charge is 0.468 e. The molecule has 0 aliphatic heterocycles. The molecule has 0 spiro atoms. The second-order valence-corrected chi connectivity index (χ2v) is 2.86. The fourth-order valence-electron chi connectivity index (χ4n) is 0.479. The van der Waals surface area contributed by atoms with Crippen molar-refractivity contribution in [3.8, 4) is 0 Å². The molecule has 0 heterocycles. The van der Waals surface area contributed by atoms with E-state index in [0.29, 0.717) is 6.61 Å². The van der Waals surface area contributed by atoms with Gasteiger partial charge in [0.2, 0.25) is 0 Å². The number of thioether (sulfide) groups is 1. The molecule has 0 bridgehead atoms. The van der Waals surface area contributed by atoms with E-state index >= 15 is 0 Å². The van der Waals surface area contributed by atoms with Crippen LogP contribution in [0.1, 0.15) is 6.92 Å². The standard InChI is InChI=1S/C7H12O4S/c1-3-11-7(9)5-12-4-6(8)10-2/h3-5H2,1-2H3. The third kappa shape index (κ3) is 6.03. The maximum Gasteiger partial charge on any atom is 0.315 e. The average Bonchev–Trinajstić information content (AvgIpc) is 2.04. The van der Waals surface area contributed by atoms with Crippen LogP contribution in [0.15, 0.2) is 0 Å². The van der Waals surface area contributed by atoms with Crippen LogP contribution in [0, 0.1) is 0 Å². The van der Waals surface area contributed by atoms with Gasteiger partial charge in [0, 0.05) is 0 Å². The van der Waals surface area contributed by atoms with Crippen molar-refractivity contribution >= 4 is 23.7 Å². The Kier molecular flexibility index (Phi) is 6.55. The first-order valence-electron chi connectivity index (χ1n) is 3.50. The smallest absolute Gasteiger partial charge is 0.315 e. The normalized spacial score (nSPS) is 9.17. The van der Waals surface area contributed by atoms with Gasteiger partial charge in [-0.25, -0.2) is 0 Å². The molecule has 0 aromatic carbocycles. The highest BCUT2D eigenvalue weighted by Crippen LogP contribution is 2.00. The molecule has 0 aliphatic carbocycles. The summed E-state index contributed by atoms with van der Waals surface area (Å²) in [6.07, 6.45) is 0. The second-order valence-electron chi connectivity index (χ2n) is 1.87. The Morgan fingerprint density at radius 3 is 2.33 bits per heavy atom. The van der Waals surface area contributed by atoms with Gasteiger partial charge in [-0.15, -0.1) is 11.8 Å². The van der Waals surface area contributed by atoms with Gasteiger partial charge >= 0.3 is 11.9 Å². The summed E-state index contributed by atoms with van der Waals surface area (Å²) < 4.78 is 9.03. The maximum absolute atomic E-state index is 10.7. The van der Waals surface area contributed by atoms with Crippen LogP contribution < -0.4 is 0 Å². The molecule has 5 heteroatoms. The van der Waals surface area contributed by atoms with Gasteiger partial charge in [-0.1, -0.05) is 0 Å². The van der Waals surface area contributed by atoms with E-state index in [1.807, 2.05) is 0 Å². The van der Waals surface area contributed by atoms with Gasteiger partial charge < -0.3 is 9.47 Å². The van der Waals surface area contributed by atoms with Crippen molar-refractivity contribution in [3.05, 3.63) is 0 Å². The molecule has 0 aromatic rings. The summed E-state index contributed by atoms with van der Waals surface area (Å²) in [5, 5.41) is 0. The minimum atomic E-state index is -0.329. The Morgan fingerprint density at radius 2 is 1.83 bits per heavy atom. The molecule has 0 saturated heterocycles. The maximum atomic E-state index is 10.7. The van der Waals surface area contributed by atoms with Crippen LogP contribution in [0.5, 0.6) is 0 Å². The third-order valence-corrected chi connectivity index (χ3v) is 1.85. The van der Waals surface area contributed by atoms with Crippen molar-refractivity contribution in [1.82, 2.24) is 0 Å². The molecule has 0 radical (unpaired) electrons. The zero-order chi connectivity index (χ0) is 9.40. The Balaban J connectivity index is 3.30. The van der Waals surface area contributed by atoms with E-state index in [0.717, 1.165) is 0 Å². The summed E-state index contributed by atoms with van der Waals surface area (Å²) in [5.41, 5.74) is 0. The SMILES string of the molecule is CCOC(=O)CSCC(=O)OC. The van der Waals surface area contributed by atoms with Crippen molar-refractivity contribution in [3.63, 3.8) is 0 Å². The summed E-state index contributed by atoms with van der Waals surface area (Å²) in [5.74, 6) is -0.242. The van der Waals surface area contributed by atoms with E-state index < -0.39 is 0 Å². The second kappa shape index (κ2) is 6.97. The highest BCUT2D eigenvalue weighted by atomic mass is 32.2. The van der Waals surface area contributed by atoms with E-state index in [1.54, 1.807) is 6.92 Å². The Morgan fingerprint density at radius 1 is 1.25 bits per heavy atom. The molecule has 70 valence electrons. The number of carbonyl (C=O) groups excluding carboxylic acids is 2. The molecule has 0 aliphatic rings. The van der Waals surface area contributed by atoms with Crippen molar-refractivity contribution in [2.45, 2.75) is 6.92 Å². The van der Waals surface area contributed by atoms with Crippen LogP contribution in [-0.4, -0.2) is 37.2 Å². The zero-order valence-electron chi connectivity index (χ0n) is 7.16. The summed E-state index contributed by atoms with van der Waals surface area (Å²) in [4.78, 5) is 21.3. The van der Waals surface area contributed by atoms with Crippen molar-refractivity contribution in [1.29, 1.82) is 0 Å². The summed E-state index contributed by atoms with van der Waals surface area (Å²) in [6, 6.07) is 0. The quantitative estimate of drug-likeness (QED) is 0.592. The molecule has 0 fully saturated rings. The first-order chi connectivity index (χ1) is 5.70. The van der Waals surface area contributed by atoms with Crippen LogP contribution in [-0.2, 0) is 19.1 Å². The molecule has 0 unspecified atom stereocenters. The molecule has 0 amide bonds. The lowest BCUT2D eigenvalue weighted by Crippen LogP contribution is -2.10. The van der Waals surface area contributed by atoms with Gasteiger partial charge in [-0.3, -0.25) is 9.59 Å². The third-order valence-electron chi connectivity index (χ3n) is 0.973. The van der Waals surface area contributed by atoms with Crippen LogP contribution in [0.25, 0.3) is 0 Å². The van der Waals surface area contributed by atoms with E-state index in [9.17, 15) is 9.59 Å². The summed E-state index contributed by atoms with van der Waals surface area (Å²) in [7, 11) is 1.31. The predicted molar refractivity (Wildman–Crippen MR) is 46.0 cm³/mol. The minimum Gasteiger partial charge on any atom is -0.468 e. The highest BCUT2D eigenvalue weighted by Gasteiger charge is 2.04. The molecule has 0 atom stereocenters. The molecule has 0 rings (SSSR count). The molecule has 0 saturated carbocycles. The van der Waals surface area contributed by atoms with Gasteiger partial charge in [0.15, 0.2) is 0 Å². The van der Waals surface area contributed by atoms with E-state index in [2.05, 4.69) is 9.47 Å². The lowest BCUT2D eigenvalue weighted by atomic mass is 10.8. The number of esters is 2. The van der Waals surface area contributed by atoms with Crippen LogP contribution in [0.2, 0.25) is 0 Å². The summed E-state index contributed by atoms with van der Waals surface area (Å²) >= 11 is 1.18. The zero-order valence-corrected chi connectivity index (χ0v) is 7.98. The average molecular weight is 192 g/mol. The first kappa shape index (κ1) is 11.3.